The molecule has 0 fully saturated rings. The van der Waals surface area contributed by atoms with Crippen LogP contribution in [0, 0.1) is 0 Å². The fourth-order valence-corrected chi connectivity index (χ4v) is 2.69. The van der Waals surface area contributed by atoms with Gasteiger partial charge >= 0.3 is 5.97 Å². The average molecular weight is 295 g/mol. The SMILES string of the molecule is Cn1nccc1-c1nnc(SCC(=O)O)n1C(C)(C)C. The topological polar surface area (TPSA) is 85.8 Å². The summed E-state index contributed by atoms with van der Waals surface area (Å²) in [7, 11) is 1.83. The molecule has 2 rings (SSSR count). The summed E-state index contributed by atoms with van der Waals surface area (Å²) in [6, 6.07) is 1.86. The van der Waals surface area contributed by atoms with Crippen molar-refractivity contribution >= 4 is 17.7 Å². The number of hydrogen-bond acceptors (Lipinski definition) is 5. The van der Waals surface area contributed by atoms with Crippen LogP contribution < -0.4 is 0 Å². The molecular formula is C12H17N5O2S. The van der Waals surface area contributed by atoms with E-state index in [-0.39, 0.29) is 11.3 Å². The molecule has 7 nitrogen and oxygen atoms in total. The molecule has 0 saturated carbocycles. The van der Waals surface area contributed by atoms with Gasteiger partial charge in [-0.2, -0.15) is 5.10 Å². The first-order valence-electron chi connectivity index (χ1n) is 6.09. The van der Waals surface area contributed by atoms with Gasteiger partial charge in [-0.05, 0) is 26.8 Å². The van der Waals surface area contributed by atoms with Crippen molar-refractivity contribution in [2.24, 2.45) is 7.05 Å². The van der Waals surface area contributed by atoms with E-state index in [4.69, 9.17) is 5.11 Å². The van der Waals surface area contributed by atoms with Crippen molar-refractivity contribution in [1.82, 2.24) is 24.5 Å². The number of hydrogen-bond donors (Lipinski definition) is 1. The highest BCUT2D eigenvalue weighted by molar-refractivity contribution is 7.99. The zero-order chi connectivity index (χ0) is 14.9. The summed E-state index contributed by atoms with van der Waals surface area (Å²) >= 11 is 1.17. The van der Waals surface area contributed by atoms with Gasteiger partial charge in [-0.3, -0.25) is 14.0 Å². The highest BCUT2D eigenvalue weighted by atomic mass is 32.2. The normalized spacial score (nSPS) is 11.8. The van der Waals surface area contributed by atoms with Gasteiger partial charge in [0.1, 0.15) is 5.69 Å². The number of rotatable bonds is 4. The second-order valence-corrected chi connectivity index (χ2v) is 6.28. The maximum Gasteiger partial charge on any atom is 0.313 e. The maximum atomic E-state index is 10.7. The third kappa shape index (κ3) is 2.84. The van der Waals surface area contributed by atoms with Crippen molar-refractivity contribution < 1.29 is 9.90 Å². The molecule has 0 saturated heterocycles. The van der Waals surface area contributed by atoms with E-state index in [1.807, 2.05) is 38.5 Å². The Bertz CT molecular complexity index is 626. The Balaban J connectivity index is 2.49. The second kappa shape index (κ2) is 5.28. The van der Waals surface area contributed by atoms with Crippen LogP contribution >= 0.6 is 11.8 Å². The van der Waals surface area contributed by atoms with Crippen molar-refractivity contribution in [2.45, 2.75) is 31.5 Å². The van der Waals surface area contributed by atoms with Gasteiger partial charge in [0, 0.05) is 18.8 Å². The molecule has 108 valence electrons. The van der Waals surface area contributed by atoms with E-state index in [2.05, 4.69) is 15.3 Å². The molecule has 0 aliphatic carbocycles. The van der Waals surface area contributed by atoms with Crippen LogP contribution in [0.25, 0.3) is 11.5 Å². The van der Waals surface area contributed by atoms with Gasteiger partial charge in [-0.15, -0.1) is 10.2 Å². The fourth-order valence-electron chi connectivity index (χ4n) is 1.85. The lowest BCUT2D eigenvalue weighted by molar-refractivity contribution is -0.133. The summed E-state index contributed by atoms with van der Waals surface area (Å²) in [5.41, 5.74) is 0.582. The number of nitrogens with zero attached hydrogens (tertiary/aromatic N) is 5. The zero-order valence-electron chi connectivity index (χ0n) is 11.9. The molecule has 0 radical (unpaired) electrons. The first-order valence-corrected chi connectivity index (χ1v) is 7.08. The summed E-state index contributed by atoms with van der Waals surface area (Å²) in [6.07, 6.45) is 1.70. The largest absolute Gasteiger partial charge is 0.481 e. The predicted molar refractivity (Wildman–Crippen MR) is 75.6 cm³/mol. The molecule has 0 atom stereocenters. The zero-order valence-corrected chi connectivity index (χ0v) is 12.7. The average Bonchev–Trinajstić information content (AvgIpc) is 2.90. The van der Waals surface area contributed by atoms with Gasteiger partial charge in [-0.25, -0.2) is 0 Å². The van der Waals surface area contributed by atoms with Gasteiger partial charge in [-0.1, -0.05) is 11.8 Å². The van der Waals surface area contributed by atoms with Crippen molar-refractivity contribution in [3.63, 3.8) is 0 Å². The molecule has 0 amide bonds. The molecule has 2 aromatic rings. The summed E-state index contributed by atoms with van der Waals surface area (Å²) in [4.78, 5) is 10.7. The predicted octanol–water partition coefficient (Wildman–Crippen LogP) is 1.61. The van der Waals surface area contributed by atoms with Crippen molar-refractivity contribution in [2.75, 3.05) is 5.75 Å². The van der Waals surface area contributed by atoms with Crippen LogP contribution in [0.2, 0.25) is 0 Å². The van der Waals surface area contributed by atoms with E-state index >= 15 is 0 Å². The first kappa shape index (κ1) is 14.6. The van der Waals surface area contributed by atoms with Crippen LogP contribution in [-0.4, -0.2) is 41.4 Å². The number of aryl methyl sites for hydroxylation is 1. The number of thioether (sulfide) groups is 1. The summed E-state index contributed by atoms with van der Waals surface area (Å²) in [5, 5.41) is 21.9. The highest BCUT2D eigenvalue weighted by Gasteiger charge is 2.25. The fraction of sp³-hybridized carbons (Fsp3) is 0.500. The summed E-state index contributed by atoms with van der Waals surface area (Å²) < 4.78 is 3.66. The van der Waals surface area contributed by atoms with E-state index in [9.17, 15) is 4.79 Å². The van der Waals surface area contributed by atoms with E-state index in [1.54, 1.807) is 10.9 Å². The lowest BCUT2D eigenvalue weighted by atomic mass is 10.1. The number of aromatic nitrogens is 5. The smallest absolute Gasteiger partial charge is 0.313 e. The van der Waals surface area contributed by atoms with Crippen LogP contribution in [0.5, 0.6) is 0 Å². The van der Waals surface area contributed by atoms with Crippen molar-refractivity contribution in [1.29, 1.82) is 0 Å². The van der Waals surface area contributed by atoms with E-state index in [0.717, 1.165) is 5.69 Å². The van der Waals surface area contributed by atoms with Gasteiger partial charge in [0.05, 0.1) is 5.75 Å². The molecule has 2 aromatic heterocycles. The Kier molecular flexibility index (Phi) is 3.85. The van der Waals surface area contributed by atoms with Crippen LogP contribution in [0.15, 0.2) is 17.4 Å². The maximum absolute atomic E-state index is 10.7. The third-order valence-corrected chi connectivity index (χ3v) is 3.59. The van der Waals surface area contributed by atoms with Crippen molar-refractivity contribution in [3.8, 4) is 11.5 Å². The Morgan fingerprint density at radius 1 is 1.40 bits per heavy atom. The van der Waals surface area contributed by atoms with Crippen LogP contribution in [0.4, 0.5) is 0 Å². The molecule has 0 spiro atoms. The third-order valence-electron chi connectivity index (χ3n) is 2.68. The Morgan fingerprint density at radius 3 is 2.60 bits per heavy atom. The number of carbonyl (C=O) groups is 1. The van der Waals surface area contributed by atoms with Gasteiger partial charge in [0.15, 0.2) is 11.0 Å². The minimum absolute atomic E-state index is 0.0421. The highest BCUT2D eigenvalue weighted by Crippen LogP contribution is 2.30. The quantitative estimate of drug-likeness (QED) is 0.862. The van der Waals surface area contributed by atoms with E-state index in [1.165, 1.54) is 11.8 Å². The minimum atomic E-state index is -0.874. The molecule has 0 aliphatic rings. The van der Waals surface area contributed by atoms with Gasteiger partial charge < -0.3 is 5.11 Å². The number of carboxylic acid groups (broad SMARTS) is 1. The van der Waals surface area contributed by atoms with Crippen molar-refractivity contribution in [3.05, 3.63) is 12.3 Å². The molecule has 0 aromatic carbocycles. The molecule has 0 unspecified atom stereocenters. The Morgan fingerprint density at radius 2 is 2.10 bits per heavy atom. The summed E-state index contributed by atoms with van der Waals surface area (Å²) in [5.74, 6) is -0.231. The van der Waals surface area contributed by atoms with Crippen LogP contribution in [0.1, 0.15) is 20.8 Å². The molecule has 0 bridgehead atoms. The molecular weight excluding hydrogens is 278 g/mol. The lowest BCUT2D eigenvalue weighted by Gasteiger charge is -2.24. The molecule has 8 heteroatoms. The Hall–Kier alpha value is -1.83. The monoisotopic (exact) mass is 295 g/mol. The van der Waals surface area contributed by atoms with Crippen LogP contribution in [-0.2, 0) is 17.4 Å². The lowest BCUT2D eigenvalue weighted by Crippen LogP contribution is -2.24. The molecule has 1 N–H and O–H groups in total. The second-order valence-electron chi connectivity index (χ2n) is 5.33. The Labute approximate surface area is 121 Å². The molecule has 0 aliphatic heterocycles. The van der Waals surface area contributed by atoms with Gasteiger partial charge in [0.2, 0.25) is 0 Å². The standard InChI is InChI=1S/C12H17N5O2S/c1-12(2,3)17-10(8-5-6-13-16(8)4)14-15-11(17)20-7-9(18)19/h5-6H,7H2,1-4H3,(H,18,19). The van der Waals surface area contributed by atoms with Gasteiger partial charge in [0.25, 0.3) is 0 Å². The number of carboxylic acids is 1. The minimum Gasteiger partial charge on any atom is -0.481 e. The van der Waals surface area contributed by atoms with E-state index in [0.29, 0.717) is 11.0 Å². The number of aliphatic carboxylic acids is 1. The molecule has 20 heavy (non-hydrogen) atoms. The van der Waals surface area contributed by atoms with Crippen LogP contribution in [0.3, 0.4) is 0 Å². The first-order chi connectivity index (χ1) is 9.30. The molecule has 2 heterocycles. The summed E-state index contributed by atoms with van der Waals surface area (Å²) in [6.45, 7) is 6.09. The van der Waals surface area contributed by atoms with E-state index < -0.39 is 5.97 Å².